The summed E-state index contributed by atoms with van der Waals surface area (Å²) in [5, 5.41) is 31.9. The number of hydrogen-bond donors (Lipinski definition) is 8. The number of aliphatic hydroxyl groups excluding tert-OH is 2. The summed E-state index contributed by atoms with van der Waals surface area (Å²) in [5.41, 5.74) is -2.42. The molecular weight excluding hydrogens is 497 g/mol. The van der Waals surface area contributed by atoms with Gasteiger partial charge in [-0.15, -0.1) is 0 Å². The van der Waals surface area contributed by atoms with Gasteiger partial charge < -0.3 is 39.6 Å². The third-order valence-electron chi connectivity index (χ3n) is 4.01. The molecule has 0 radical (unpaired) electrons. The molecule has 0 saturated carbocycles. The molecule has 0 spiro atoms. The van der Waals surface area contributed by atoms with Gasteiger partial charge in [0.25, 0.3) is 5.91 Å². The Bertz CT molecular complexity index is 872. The van der Waals surface area contributed by atoms with Crippen molar-refractivity contribution in [2.45, 2.75) is 43.6 Å². The zero-order valence-electron chi connectivity index (χ0n) is 15.3. The van der Waals surface area contributed by atoms with Crippen LogP contribution in [0.25, 0.3) is 0 Å². The first kappa shape index (κ1) is 26.4. The van der Waals surface area contributed by atoms with E-state index >= 15 is 0 Å². The van der Waals surface area contributed by atoms with Crippen molar-refractivity contribution in [2.75, 3.05) is 6.61 Å². The predicted molar refractivity (Wildman–Crippen MR) is 91.1 cm³/mol. The molecule has 2 rings (SSSR count). The molecule has 31 heavy (non-hydrogen) atoms. The molecule has 4 unspecified atom stereocenters. The smallest absolute Gasteiger partial charge is 0.390 e. The fraction of sp³-hybridized carbons (Fsp3) is 0.800. The maximum Gasteiger partial charge on any atom is 0.490 e. The monoisotopic (exact) mass is 516 g/mol. The molecule has 18 nitrogen and oxygen atoms in total. The predicted octanol–water partition coefficient (Wildman–Crippen LogP) is -2.57. The zero-order valence-corrected chi connectivity index (χ0v) is 18.0. The van der Waals surface area contributed by atoms with Gasteiger partial charge in [-0.1, -0.05) is 0 Å². The second-order valence-electron chi connectivity index (χ2n) is 6.51. The summed E-state index contributed by atoms with van der Waals surface area (Å²) in [7, 11) is -16.8. The third kappa shape index (κ3) is 6.60. The number of hydrogen-bond acceptors (Lipinski definition) is 12. The van der Waals surface area contributed by atoms with Gasteiger partial charge in [-0.3, -0.25) is 19.5 Å². The normalized spacial score (nSPS) is 36.1. The van der Waals surface area contributed by atoms with E-state index in [1.807, 2.05) is 0 Å². The zero-order chi connectivity index (χ0) is 24.0. The fourth-order valence-electron chi connectivity index (χ4n) is 2.58. The minimum atomic E-state index is -5.74. The molecule has 7 atom stereocenters. The lowest BCUT2D eigenvalue weighted by atomic mass is 10.00. The van der Waals surface area contributed by atoms with E-state index in [4.69, 9.17) is 19.4 Å². The van der Waals surface area contributed by atoms with Crippen LogP contribution in [0.2, 0.25) is 0 Å². The van der Waals surface area contributed by atoms with Crippen LogP contribution in [0.5, 0.6) is 0 Å². The summed E-state index contributed by atoms with van der Waals surface area (Å²) >= 11 is 0. The second kappa shape index (κ2) is 8.85. The Hall–Kier alpha value is -0.810. The summed E-state index contributed by atoms with van der Waals surface area (Å²) in [6.45, 7) is -0.104. The number of phosphoric acid groups is 3. The van der Waals surface area contributed by atoms with Crippen LogP contribution < -0.4 is 5.32 Å². The molecule has 2 saturated heterocycles. The summed E-state index contributed by atoms with van der Waals surface area (Å²) in [5.74, 6) is -1.19. The van der Waals surface area contributed by atoms with Gasteiger partial charge in [-0.2, -0.15) is 8.62 Å². The molecule has 0 aliphatic carbocycles. The maximum atomic E-state index is 12.0. The number of nitrogens with zero attached hydrogens (tertiary/aromatic N) is 1. The van der Waals surface area contributed by atoms with Crippen LogP contribution in [0.3, 0.4) is 0 Å². The van der Waals surface area contributed by atoms with Crippen molar-refractivity contribution in [1.29, 1.82) is 0 Å². The number of aliphatic hydroxyl groups is 3. The molecule has 180 valence electrons. The number of imide groups is 1. The molecule has 0 aromatic rings. The number of amides is 3. The molecule has 0 aromatic carbocycles. The third-order valence-corrected chi connectivity index (χ3v) is 7.82. The highest BCUT2D eigenvalue weighted by molar-refractivity contribution is 7.66. The van der Waals surface area contributed by atoms with Gasteiger partial charge in [0.2, 0.25) is 0 Å². The highest BCUT2D eigenvalue weighted by Gasteiger charge is 2.54. The lowest BCUT2D eigenvalue weighted by Crippen LogP contribution is -2.70. The molecule has 2 aliphatic rings. The van der Waals surface area contributed by atoms with E-state index in [9.17, 15) is 43.5 Å². The van der Waals surface area contributed by atoms with Crippen LogP contribution >= 0.6 is 23.5 Å². The van der Waals surface area contributed by atoms with Crippen LogP contribution in [0.15, 0.2) is 0 Å². The van der Waals surface area contributed by atoms with Crippen LogP contribution in [0.4, 0.5) is 4.79 Å². The van der Waals surface area contributed by atoms with Gasteiger partial charge in [-0.25, -0.2) is 18.5 Å². The number of carbonyl (C=O) groups excluding carboxylic acids is 2. The van der Waals surface area contributed by atoms with E-state index in [-0.39, 0.29) is 0 Å². The van der Waals surface area contributed by atoms with Crippen molar-refractivity contribution < 1.29 is 76.1 Å². The summed E-state index contributed by atoms with van der Waals surface area (Å²) < 4.78 is 50.1. The Morgan fingerprint density at radius 3 is 2.26 bits per heavy atom. The standard InChI is InChI=1S/C10H19N2O16P3/c1-10(17)7(14)11-9(16)12(8(10)15)6-2-4(13)5(26-6)3-25-30(21,22)28-31(23,24)27-29(18,19)20/h4-6,8,13,15,17H,2-3H2,1H3,(H,21,22)(H,23,24)(H,11,14,16)(H2,18,19,20)/t4-,5+,6-,8?,10?/m0/s1. The first-order chi connectivity index (χ1) is 13.8. The van der Waals surface area contributed by atoms with Gasteiger partial charge in [0.1, 0.15) is 12.3 Å². The van der Waals surface area contributed by atoms with Gasteiger partial charge >= 0.3 is 29.5 Å². The molecule has 0 aromatic heterocycles. The van der Waals surface area contributed by atoms with Crippen molar-refractivity contribution in [3.63, 3.8) is 0 Å². The number of urea groups is 1. The molecule has 2 heterocycles. The van der Waals surface area contributed by atoms with Crippen LogP contribution in [-0.2, 0) is 36.4 Å². The molecule has 21 heteroatoms. The number of nitrogens with one attached hydrogen (secondary N) is 1. The van der Waals surface area contributed by atoms with Crippen LogP contribution in [-0.4, -0.2) is 88.6 Å². The van der Waals surface area contributed by atoms with Crippen molar-refractivity contribution in [2.24, 2.45) is 0 Å². The van der Waals surface area contributed by atoms with Gasteiger partial charge in [0.05, 0.1) is 12.7 Å². The van der Waals surface area contributed by atoms with Crippen molar-refractivity contribution in [1.82, 2.24) is 10.2 Å². The average Bonchev–Trinajstić information content (AvgIpc) is 2.88. The topological polar surface area (TPSA) is 279 Å². The van der Waals surface area contributed by atoms with Gasteiger partial charge in [0.15, 0.2) is 11.8 Å². The fourth-order valence-corrected chi connectivity index (χ4v) is 5.61. The quantitative estimate of drug-likeness (QED) is 0.154. The second-order valence-corrected chi connectivity index (χ2v) is 10.9. The van der Waals surface area contributed by atoms with Gasteiger partial charge in [0, 0.05) is 6.42 Å². The van der Waals surface area contributed by atoms with E-state index in [0.29, 0.717) is 4.90 Å². The van der Waals surface area contributed by atoms with Crippen molar-refractivity contribution >= 4 is 35.4 Å². The number of ether oxygens (including phenoxy) is 1. The van der Waals surface area contributed by atoms with E-state index in [0.717, 1.165) is 6.92 Å². The molecule has 8 N–H and O–H groups in total. The van der Waals surface area contributed by atoms with Crippen LogP contribution in [0.1, 0.15) is 13.3 Å². The first-order valence-corrected chi connectivity index (χ1v) is 12.5. The van der Waals surface area contributed by atoms with Crippen LogP contribution in [0, 0.1) is 0 Å². The number of rotatable bonds is 8. The highest BCUT2D eigenvalue weighted by Crippen LogP contribution is 2.66. The van der Waals surface area contributed by atoms with E-state index in [1.54, 1.807) is 5.32 Å². The van der Waals surface area contributed by atoms with E-state index in [2.05, 4.69) is 13.1 Å². The van der Waals surface area contributed by atoms with E-state index < -0.39 is 78.7 Å². The largest absolute Gasteiger partial charge is 0.490 e. The molecule has 3 amide bonds. The summed E-state index contributed by atoms with van der Waals surface area (Å²) in [4.78, 5) is 59.4. The summed E-state index contributed by atoms with van der Waals surface area (Å²) in [6, 6.07) is -1.17. The number of phosphoric ester groups is 1. The maximum absolute atomic E-state index is 12.0. The minimum absolute atomic E-state index is 0.417. The Kier molecular flexibility index (Phi) is 7.55. The molecular formula is C10H19N2O16P3. The molecule has 0 bridgehead atoms. The highest BCUT2D eigenvalue weighted by atomic mass is 31.3. The van der Waals surface area contributed by atoms with Gasteiger partial charge in [-0.05, 0) is 6.92 Å². The lowest BCUT2D eigenvalue weighted by Gasteiger charge is -2.42. The Labute approximate surface area is 172 Å². The molecule has 2 fully saturated rings. The average molecular weight is 516 g/mol. The Morgan fingerprint density at radius 1 is 1.13 bits per heavy atom. The Morgan fingerprint density at radius 2 is 1.71 bits per heavy atom. The summed E-state index contributed by atoms with van der Waals surface area (Å²) in [6.07, 6.45) is -6.93. The minimum Gasteiger partial charge on any atom is -0.390 e. The van der Waals surface area contributed by atoms with E-state index in [1.165, 1.54) is 0 Å². The SMILES string of the molecule is CC1(O)C(=O)NC(=O)N([C@@H]2C[C@H](O)[C@@H](COP(=O)(O)OP(=O)(O)OP(=O)(O)O)O2)C1O. The Balaban J connectivity index is 2.01. The van der Waals surface area contributed by atoms with Crippen molar-refractivity contribution in [3.05, 3.63) is 0 Å². The number of carbonyl (C=O) groups is 2. The lowest BCUT2D eigenvalue weighted by molar-refractivity contribution is -0.193. The van der Waals surface area contributed by atoms with Crippen molar-refractivity contribution in [3.8, 4) is 0 Å². The molecule has 2 aliphatic heterocycles. The first-order valence-electron chi connectivity index (χ1n) is 8.01.